The lowest BCUT2D eigenvalue weighted by molar-refractivity contribution is -0.380. The largest absolute Gasteiger partial charge is 0.460 e. The third kappa shape index (κ3) is 15.0. The van der Waals surface area contributed by atoms with Crippen molar-refractivity contribution in [1.29, 1.82) is 0 Å². The maximum atomic E-state index is 13.1. The zero-order chi connectivity index (χ0) is 55.2. The molecule has 0 aromatic carbocycles. The zero-order valence-corrected chi connectivity index (χ0v) is 43.2. The van der Waals surface area contributed by atoms with Crippen molar-refractivity contribution >= 4 is 11.9 Å². The lowest BCUT2D eigenvalue weighted by Crippen LogP contribution is -2.66. The van der Waals surface area contributed by atoms with Gasteiger partial charge in [-0.1, -0.05) is 12.2 Å². The number of fused-ring (bicyclic) bond motifs is 1. The van der Waals surface area contributed by atoms with Crippen molar-refractivity contribution in [2.75, 3.05) is 26.9 Å². The highest BCUT2D eigenvalue weighted by Crippen LogP contribution is 2.45. The van der Waals surface area contributed by atoms with E-state index in [-0.39, 0.29) is 37.0 Å². The Morgan fingerprint density at radius 1 is 0.481 bits per heavy atom. The normalized spacial score (nSPS) is 48.1. The summed E-state index contributed by atoms with van der Waals surface area (Å²) in [5.41, 5.74) is 0. The first-order chi connectivity index (χ1) is 36.8. The highest BCUT2D eigenvalue weighted by atomic mass is 16.8. The summed E-state index contributed by atoms with van der Waals surface area (Å²) >= 11 is 0. The molecule has 0 bridgehead atoms. The van der Waals surface area contributed by atoms with E-state index >= 15 is 0 Å². The first-order valence-electron chi connectivity index (χ1n) is 27.4. The molecule has 0 spiro atoms. The van der Waals surface area contributed by atoms with Crippen molar-refractivity contribution in [1.82, 2.24) is 0 Å². The van der Waals surface area contributed by atoms with Gasteiger partial charge in [0, 0.05) is 31.6 Å². The van der Waals surface area contributed by atoms with Gasteiger partial charge in [-0.15, -0.1) is 0 Å². The van der Waals surface area contributed by atoms with Crippen LogP contribution in [0.3, 0.4) is 0 Å². The smallest absolute Gasteiger partial charge is 0.330 e. The van der Waals surface area contributed by atoms with Crippen LogP contribution in [0, 0.1) is 23.7 Å². The molecule has 8 fully saturated rings. The molecular formula is C52H82O25. The lowest BCUT2D eigenvalue weighted by Gasteiger charge is -2.52. The summed E-state index contributed by atoms with van der Waals surface area (Å²) in [6.45, 7) is -1.96. The number of carbonyl (C=O) groups is 2. The van der Waals surface area contributed by atoms with Crippen LogP contribution >= 0.6 is 0 Å². The molecule has 440 valence electrons. The molecule has 4 heterocycles. The topological polar surface area (TPSA) is 389 Å². The third-order valence-corrected chi connectivity index (χ3v) is 17.1. The van der Waals surface area contributed by atoms with Gasteiger partial charge in [0.15, 0.2) is 18.9 Å². The molecule has 0 amide bonds. The minimum atomic E-state index is -2.01. The monoisotopic (exact) mass is 1110 g/mol. The van der Waals surface area contributed by atoms with Crippen LogP contribution in [0.2, 0.25) is 0 Å². The molecule has 25 heteroatoms. The second kappa shape index (κ2) is 27.6. The molecule has 8 aliphatic rings. The molecule has 0 aromatic heterocycles. The van der Waals surface area contributed by atoms with Crippen molar-refractivity contribution < 1.29 is 123 Å². The molecule has 0 radical (unpaired) electrons. The highest BCUT2D eigenvalue weighted by Gasteiger charge is 2.56. The Balaban J connectivity index is 1.03. The predicted octanol–water partition coefficient (Wildman–Crippen LogP) is -3.40. The van der Waals surface area contributed by atoms with Crippen molar-refractivity contribution in [2.24, 2.45) is 23.7 Å². The zero-order valence-electron chi connectivity index (χ0n) is 43.2. The van der Waals surface area contributed by atoms with Crippen LogP contribution in [0.4, 0.5) is 0 Å². The SMILES string of the molecule is COC1CC(C=CC(=O)OCC2OC(OC3C(OC4CC5C(OC6OC(CO)C(O)C(O)C6O)CC(O)CC5OC4C4CCC(O)CC4)OC(COC(=O)C=CC4CCC(O)CC4)C(O)C3O)C(O)C(O)C2O)CCC1O. The van der Waals surface area contributed by atoms with E-state index in [1.165, 1.54) is 19.3 Å². The number of hydrogen-bond donors (Lipinski definition) is 13. The summed E-state index contributed by atoms with van der Waals surface area (Å²) in [4.78, 5) is 26.0. The Hall–Kier alpha value is -2.42. The van der Waals surface area contributed by atoms with E-state index in [1.54, 1.807) is 12.2 Å². The molecule has 24 atom stereocenters. The van der Waals surface area contributed by atoms with Gasteiger partial charge in [-0.05, 0) is 101 Å². The molecule has 24 unspecified atom stereocenters. The third-order valence-electron chi connectivity index (χ3n) is 17.1. The number of aliphatic hydroxyl groups excluding tert-OH is 13. The maximum absolute atomic E-state index is 13.1. The Morgan fingerprint density at radius 3 is 1.61 bits per heavy atom. The molecule has 4 aliphatic heterocycles. The number of aliphatic hydroxyl groups is 13. The second-order valence-corrected chi connectivity index (χ2v) is 22.4. The van der Waals surface area contributed by atoms with Gasteiger partial charge in [-0.2, -0.15) is 0 Å². The summed E-state index contributed by atoms with van der Waals surface area (Å²) in [6, 6.07) is 0. The van der Waals surface area contributed by atoms with Crippen molar-refractivity contribution in [2.45, 2.75) is 237 Å². The molecule has 4 saturated carbocycles. The van der Waals surface area contributed by atoms with Gasteiger partial charge in [0.2, 0.25) is 0 Å². The number of methoxy groups -OCH3 is 1. The molecule has 77 heavy (non-hydrogen) atoms. The fourth-order valence-corrected chi connectivity index (χ4v) is 12.4. The first kappa shape index (κ1) is 60.7. The average molecular weight is 1110 g/mol. The van der Waals surface area contributed by atoms with Gasteiger partial charge in [0.05, 0.1) is 61.5 Å². The molecule has 0 aromatic rings. The first-order valence-corrected chi connectivity index (χ1v) is 27.4. The molecule has 25 nitrogen and oxygen atoms in total. The number of rotatable bonds is 17. The second-order valence-electron chi connectivity index (χ2n) is 22.4. The number of ether oxygens (including phenoxy) is 10. The number of esters is 2. The van der Waals surface area contributed by atoms with Gasteiger partial charge < -0.3 is 114 Å². The van der Waals surface area contributed by atoms with Gasteiger partial charge >= 0.3 is 11.9 Å². The summed E-state index contributed by atoms with van der Waals surface area (Å²) in [6.07, 6.45) is -20.7. The maximum Gasteiger partial charge on any atom is 0.330 e. The molecule has 4 aliphatic carbocycles. The summed E-state index contributed by atoms with van der Waals surface area (Å²) in [5, 5.41) is 141. The van der Waals surface area contributed by atoms with E-state index in [2.05, 4.69) is 0 Å². The highest BCUT2D eigenvalue weighted by molar-refractivity contribution is 5.82. The van der Waals surface area contributed by atoms with Crippen LogP contribution in [-0.2, 0) is 57.0 Å². The Labute approximate surface area is 446 Å². The van der Waals surface area contributed by atoms with E-state index in [9.17, 15) is 76.0 Å². The molecular weight excluding hydrogens is 1020 g/mol. The minimum Gasteiger partial charge on any atom is -0.460 e. The minimum absolute atomic E-state index is 0.00804. The van der Waals surface area contributed by atoms with E-state index in [4.69, 9.17) is 47.4 Å². The molecule has 4 saturated heterocycles. The van der Waals surface area contributed by atoms with E-state index < -0.39 is 185 Å². The molecule has 8 rings (SSSR count). The van der Waals surface area contributed by atoms with Crippen molar-refractivity contribution in [3.05, 3.63) is 24.3 Å². The number of carbonyl (C=O) groups excluding carboxylic acids is 2. The number of hydrogen-bond acceptors (Lipinski definition) is 25. The van der Waals surface area contributed by atoms with Crippen molar-refractivity contribution in [3.8, 4) is 0 Å². The molecule has 13 N–H and O–H groups in total. The van der Waals surface area contributed by atoms with E-state index in [1.807, 2.05) is 0 Å². The van der Waals surface area contributed by atoms with Gasteiger partial charge in [-0.3, -0.25) is 0 Å². The van der Waals surface area contributed by atoms with E-state index in [0.717, 1.165) is 0 Å². The van der Waals surface area contributed by atoms with Gasteiger partial charge in [0.1, 0.15) is 86.5 Å². The Morgan fingerprint density at radius 2 is 1.00 bits per heavy atom. The number of allylic oxidation sites excluding steroid dienone is 2. The van der Waals surface area contributed by atoms with Crippen LogP contribution < -0.4 is 0 Å². The summed E-state index contributed by atoms with van der Waals surface area (Å²) in [7, 11) is 1.49. The van der Waals surface area contributed by atoms with Gasteiger partial charge in [0.25, 0.3) is 0 Å². The van der Waals surface area contributed by atoms with Crippen LogP contribution in [0.1, 0.15) is 89.9 Å². The average Bonchev–Trinajstić information content (AvgIpc) is 3.46. The fraction of sp³-hybridized carbons (Fsp3) is 0.885. The standard InChI is InChI=1S/C52H82O25/c1-68-33-16-24(4-13-30(33)57)6-15-39(59)69-21-36-41(61)44(64)47(67)51(75-36)77-49-45(65)42(62)37(22-70-38(58)14-5-23-2-9-26(54)10-3-23)76-52(49)73-34-19-29-31(71-48(34)25-7-11-27(55)12-8-25)17-28(56)18-32(29)72-50-46(66)43(63)40(60)35(20-53)74-50/h5-6,14-15,23-37,40-57,60-67H,2-4,7-13,16-22H2,1H3. The van der Waals surface area contributed by atoms with Crippen LogP contribution in [-0.4, -0.2) is 252 Å². The fourth-order valence-electron chi connectivity index (χ4n) is 12.4. The Kier molecular flexibility index (Phi) is 21.7. The van der Waals surface area contributed by atoms with Crippen LogP contribution in [0.25, 0.3) is 0 Å². The Bertz CT molecular complexity index is 1910. The van der Waals surface area contributed by atoms with Crippen molar-refractivity contribution in [3.63, 3.8) is 0 Å². The van der Waals surface area contributed by atoms with Gasteiger partial charge in [-0.25, -0.2) is 9.59 Å². The quantitative estimate of drug-likeness (QED) is 0.0499. The predicted molar refractivity (Wildman–Crippen MR) is 258 cm³/mol. The van der Waals surface area contributed by atoms with Crippen LogP contribution in [0.5, 0.6) is 0 Å². The van der Waals surface area contributed by atoms with Crippen LogP contribution in [0.15, 0.2) is 24.3 Å². The van der Waals surface area contributed by atoms with E-state index in [0.29, 0.717) is 70.6 Å². The lowest BCUT2D eigenvalue weighted by atomic mass is 9.73. The summed E-state index contributed by atoms with van der Waals surface area (Å²) < 4.78 is 60.3. The summed E-state index contributed by atoms with van der Waals surface area (Å²) in [5.74, 6) is -2.57.